The summed E-state index contributed by atoms with van der Waals surface area (Å²) in [4.78, 5) is 16.9. The number of rotatable bonds is 3. The quantitative estimate of drug-likeness (QED) is 0.932. The number of aromatic nitrogens is 2. The Bertz CT molecular complexity index is 697. The predicted octanol–water partition coefficient (Wildman–Crippen LogP) is 3.90. The normalized spacial score (nSPS) is 25.0. The van der Waals surface area contributed by atoms with E-state index in [0.29, 0.717) is 23.1 Å². The smallest absolute Gasteiger partial charge is 0.257 e. The van der Waals surface area contributed by atoms with Gasteiger partial charge in [0.05, 0.1) is 16.6 Å². The lowest BCUT2D eigenvalue weighted by molar-refractivity contribution is 0.0880. The van der Waals surface area contributed by atoms with Crippen LogP contribution in [0.3, 0.4) is 0 Å². The van der Waals surface area contributed by atoms with Crippen molar-refractivity contribution in [2.24, 2.45) is 11.8 Å². The van der Waals surface area contributed by atoms with Gasteiger partial charge in [0.1, 0.15) is 0 Å². The first kappa shape index (κ1) is 16.0. The molecule has 2 atom stereocenters. The summed E-state index contributed by atoms with van der Waals surface area (Å²) >= 11 is 0. The van der Waals surface area contributed by atoms with Gasteiger partial charge in [-0.25, -0.2) is 4.98 Å². The van der Waals surface area contributed by atoms with Crippen LogP contribution in [0.2, 0.25) is 0 Å². The van der Waals surface area contributed by atoms with Crippen molar-refractivity contribution in [2.45, 2.75) is 58.9 Å². The number of pyridine rings is 1. The molecule has 0 aliphatic heterocycles. The van der Waals surface area contributed by atoms with Crippen LogP contribution in [0.4, 0.5) is 0 Å². The molecule has 2 unspecified atom stereocenters. The van der Waals surface area contributed by atoms with Gasteiger partial charge in [-0.3, -0.25) is 4.79 Å². The minimum absolute atomic E-state index is 0.0547. The molecule has 2 heterocycles. The third kappa shape index (κ3) is 3.09. The van der Waals surface area contributed by atoms with Crippen molar-refractivity contribution in [1.82, 2.24) is 15.5 Å². The Morgan fingerprint density at radius 2 is 2.00 bits per heavy atom. The van der Waals surface area contributed by atoms with Gasteiger partial charge in [0, 0.05) is 12.2 Å². The van der Waals surface area contributed by atoms with Crippen molar-refractivity contribution in [1.29, 1.82) is 0 Å². The van der Waals surface area contributed by atoms with E-state index in [1.807, 2.05) is 6.07 Å². The molecule has 0 radical (unpaired) electrons. The predicted molar refractivity (Wildman–Crippen MR) is 89.3 cm³/mol. The Hall–Kier alpha value is -1.91. The Balaban J connectivity index is 1.84. The summed E-state index contributed by atoms with van der Waals surface area (Å²) in [5.74, 6) is 1.21. The molecule has 3 rings (SSSR count). The molecule has 5 heteroatoms. The Kier molecular flexibility index (Phi) is 4.37. The van der Waals surface area contributed by atoms with Crippen LogP contribution in [0, 0.1) is 11.8 Å². The lowest BCUT2D eigenvalue weighted by Gasteiger charge is -2.35. The van der Waals surface area contributed by atoms with Crippen LogP contribution in [-0.2, 0) is 0 Å². The van der Waals surface area contributed by atoms with E-state index in [1.54, 1.807) is 6.20 Å². The zero-order valence-corrected chi connectivity index (χ0v) is 14.3. The second kappa shape index (κ2) is 6.30. The lowest BCUT2D eigenvalue weighted by atomic mass is 9.78. The van der Waals surface area contributed by atoms with E-state index in [2.05, 4.69) is 43.2 Å². The largest absolute Gasteiger partial charge is 0.349 e. The fraction of sp³-hybridized carbons (Fsp3) is 0.611. The molecule has 2 aromatic rings. The van der Waals surface area contributed by atoms with E-state index in [-0.39, 0.29) is 17.9 Å². The standard InChI is InChI=1S/C18H25N3O2/c1-10(2)15-14-8-13(9-19-18(14)23-21-15)17(22)20-16-11(3)6-5-7-12(16)4/h8-12,16H,5-7H2,1-4H3,(H,20,22). The van der Waals surface area contributed by atoms with Crippen molar-refractivity contribution in [3.8, 4) is 0 Å². The molecule has 1 fully saturated rings. The summed E-state index contributed by atoms with van der Waals surface area (Å²) < 4.78 is 5.24. The summed E-state index contributed by atoms with van der Waals surface area (Å²) in [5, 5.41) is 8.11. The first-order valence-electron chi connectivity index (χ1n) is 8.53. The van der Waals surface area contributed by atoms with Gasteiger partial charge in [0.25, 0.3) is 11.6 Å². The average molecular weight is 315 g/mol. The summed E-state index contributed by atoms with van der Waals surface area (Å²) in [6.45, 7) is 8.54. The molecule has 0 spiro atoms. The molecule has 0 aromatic carbocycles. The summed E-state index contributed by atoms with van der Waals surface area (Å²) in [7, 11) is 0. The molecule has 1 N–H and O–H groups in total. The number of hydrogen-bond donors (Lipinski definition) is 1. The highest BCUT2D eigenvalue weighted by atomic mass is 16.5. The Morgan fingerprint density at radius 3 is 2.65 bits per heavy atom. The zero-order chi connectivity index (χ0) is 16.6. The van der Waals surface area contributed by atoms with Crippen molar-refractivity contribution >= 4 is 17.0 Å². The number of carbonyl (C=O) groups is 1. The maximum Gasteiger partial charge on any atom is 0.257 e. The minimum atomic E-state index is -0.0547. The molecule has 0 saturated heterocycles. The van der Waals surface area contributed by atoms with Crippen molar-refractivity contribution < 1.29 is 9.32 Å². The van der Waals surface area contributed by atoms with Crippen LogP contribution in [0.5, 0.6) is 0 Å². The lowest BCUT2D eigenvalue weighted by Crippen LogP contribution is -2.45. The maximum atomic E-state index is 12.6. The van der Waals surface area contributed by atoms with E-state index in [1.165, 1.54) is 19.3 Å². The van der Waals surface area contributed by atoms with E-state index < -0.39 is 0 Å². The van der Waals surface area contributed by atoms with E-state index in [4.69, 9.17) is 4.52 Å². The molecule has 1 aliphatic rings. The molecule has 124 valence electrons. The summed E-state index contributed by atoms with van der Waals surface area (Å²) in [6.07, 6.45) is 5.18. The first-order chi connectivity index (χ1) is 11.0. The number of nitrogens with one attached hydrogen (secondary N) is 1. The van der Waals surface area contributed by atoms with Gasteiger partial charge >= 0.3 is 0 Å². The maximum absolute atomic E-state index is 12.6. The molecular formula is C18H25N3O2. The van der Waals surface area contributed by atoms with E-state index in [0.717, 1.165) is 11.1 Å². The van der Waals surface area contributed by atoms with E-state index in [9.17, 15) is 4.79 Å². The average Bonchev–Trinajstić information content (AvgIpc) is 2.94. The second-order valence-corrected chi connectivity index (χ2v) is 7.18. The fourth-order valence-electron chi connectivity index (χ4n) is 3.59. The molecule has 2 aromatic heterocycles. The van der Waals surface area contributed by atoms with Crippen LogP contribution in [-0.4, -0.2) is 22.1 Å². The van der Waals surface area contributed by atoms with Crippen LogP contribution >= 0.6 is 0 Å². The van der Waals surface area contributed by atoms with Gasteiger partial charge < -0.3 is 9.84 Å². The number of carbonyl (C=O) groups excluding carboxylic acids is 1. The number of hydrogen-bond acceptors (Lipinski definition) is 4. The Labute approximate surface area is 136 Å². The van der Waals surface area contributed by atoms with Crippen LogP contribution < -0.4 is 5.32 Å². The summed E-state index contributed by atoms with van der Waals surface area (Å²) in [5.41, 5.74) is 1.92. The van der Waals surface area contributed by atoms with Crippen molar-refractivity contribution in [2.75, 3.05) is 0 Å². The van der Waals surface area contributed by atoms with Crippen molar-refractivity contribution in [3.05, 3.63) is 23.5 Å². The molecular weight excluding hydrogens is 290 g/mol. The van der Waals surface area contributed by atoms with Crippen molar-refractivity contribution in [3.63, 3.8) is 0 Å². The first-order valence-corrected chi connectivity index (χ1v) is 8.53. The van der Waals surface area contributed by atoms with Gasteiger partial charge in [-0.05, 0) is 36.7 Å². The molecule has 1 aliphatic carbocycles. The highest BCUT2D eigenvalue weighted by Crippen LogP contribution is 2.29. The van der Waals surface area contributed by atoms with Crippen LogP contribution in [0.25, 0.3) is 11.1 Å². The number of nitrogens with zero attached hydrogens (tertiary/aromatic N) is 2. The molecule has 1 amide bonds. The van der Waals surface area contributed by atoms with Gasteiger partial charge in [-0.2, -0.15) is 0 Å². The monoisotopic (exact) mass is 315 g/mol. The van der Waals surface area contributed by atoms with Crippen LogP contribution in [0.15, 0.2) is 16.8 Å². The van der Waals surface area contributed by atoms with Gasteiger partial charge in [0.15, 0.2) is 0 Å². The number of fused-ring (bicyclic) bond motifs is 1. The Morgan fingerprint density at radius 1 is 1.30 bits per heavy atom. The van der Waals surface area contributed by atoms with Gasteiger partial charge in [0.2, 0.25) is 0 Å². The highest BCUT2D eigenvalue weighted by molar-refractivity contribution is 5.97. The third-order valence-electron chi connectivity index (χ3n) is 5.01. The SMILES string of the molecule is CC(C)c1noc2ncc(C(=O)NC3C(C)CCCC3C)cc12. The zero-order valence-electron chi connectivity index (χ0n) is 14.3. The van der Waals surface area contributed by atoms with E-state index >= 15 is 0 Å². The molecule has 1 saturated carbocycles. The molecule has 0 bridgehead atoms. The number of amides is 1. The van der Waals surface area contributed by atoms with Crippen LogP contribution in [0.1, 0.15) is 68.9 Å². The van der Waals surface area contributed by atoms with Gasteiger partial charge in [-0.15, -0.1) is 0 Å². The minimum Gasteiger partial charge on any atom is -0.349 e. The summed E-state index contributed by atoms with van der Waals surface area (Å²) in [6, 6.07) is 2.08. The third-order valence-corrected chi connectivity index (χ3v) is 5.01. The topological polar surface area (TPSA) is 68.0 Å². The fourth-order valence-corrected chi connectivity index (χ4v) is 3.59. The van der Waals surface area contributed by atoms with Gasteiger partial charge in [-0.1, -0.05) is 39.3 Å². The molecule has 23 heavy (non-hydrogen) atoms. The highest BCUT2D eigenvalue weighted by Gasteiger charge is 2.29. The molecule has 5 nitrogen and oxygen atoms in total. The second-order valence-electron chi connectivity index (χ2n) is 7.18.